The van der Waals surface area contributed by atoms with Crippen molar-refractivity contribution in [3.8, 4) is 0 Å². The Labute approximate surface area is 535 Å². The van der Waals surface area contributed by atoms with Crippen molar-refractivity contribution in [2.45, 2.75) is 360 Å². The van der Waals surface area contributed by atoms with Crippen molar-refractivity contribution < 1.29 is 32.9 Å². The first kappa shape index (κ1) is 83.7. The lowest BCUT2D eigenvalue weighted by atomic mass is 10.0. The molecular formula is C77H143N2O6P. The highest BCUT2D eigenvalue weighted by molar-refractivity contribution is 7.45. The number of allylic oxidation sites excluding steroid dienone is 13. The van der Waals surface area contributed by atoms with Crippen LogP contribution < -0.4 is 10.2 Å². The Morgan fingerprint density at radius 3 is 1.08 bits per heavy atom. The molecule has 0 aromatic heterocycles. The quantitative estimate of drug-likeness (QED) is 0.0272. The zero-order chi connectivity index (χ0) is 62.6. The average Bonchev–Trinajstić information content (AvgIpc) is 3.70. The van der Waals surface area contributed by atoms with E-state index < -0.39 is 26.6 Å². The van der Waals surface area contributed by atoms with Crippen LogP contribution in [0, 0.1) is 0 Å². The fourth-order valence-electron chi connectivity index (χ4n) is 10.9. The van der Waals surface area contributed by atoms with Gasteiger partial charge in [-0.25, -0.2) is 0 Å². The molecule has 0 aliphatic heterocycles. The van der Waals surface area contributed by atoms with E-state index in [0.29, 0.717) is 17.4 Å². The molecule has 3 unspecified atom stereocenters. The Morgan fingerprint density at radius 2 is 0.721 bits per heavy atom. The summed E-state index contributed by atoms with van der Waals surface area (Å²) in [5.41, 5.74) is 0. The number of rotatable bonds is 68. The molecule has 0 saturated carbocycles. The van der Waals surface area contributed by atoms with E-state index in [1.54, 1.807) is 6.08 Å². The summed E-state index contributed by atoms with van der Waals surface area (Å²) >= 11 is 0. The van der Waals surface area contributed by atoms with E-state index in [9.17, 15) is 19.4 Å². The molecule has 0 radical (unpaired) electrons. The number of likely N-dealkylation sites (N-methyl/N-ethyl adjacent to an activating group) is 1. The number of quaternary nitrogens is 1. The number of nitrogens with zero attached hydrogens (tertiary/aromatic N) is 1. The topological polar surface area (TPSA) is 108 Å². The highest BCUT2D eigenvalue weighted by Gasteiger charge is 2.23. The number of hydrogen-bond acceptors (Lipinski definition) is 6. The molecule has 0 saturated heterocycles. The number of aliphatic hydroxyl groups excluding tert-OH is 1. The second kappa shape index (κ2) is 67.1. The standard InChI is InChI=1S/C77H143N2O6P/c1-6-8-10-12-14-16-18-20-22-24-26-28-30-32-34-36-37-38-39-40-41-43-45-47-49-51-53-55-57-59-61-63-65-67-69-71-77(81)78-75(74-85-86(82,83)84-73-72-79(3,4)5)76(80)70-68-66-64-62-60-58-56-54-52-50-48-46-44-42-35-33-31-29-27-25-23-21-19-17-15-13-11-9-7-2/h8,10,14,16,20,22,26,28,32,34,60,62,68,70,75-76,80H,6-7,9,11-13,15,17-19,21,23-25,27,29-31,33,35-59,61,63-67,69,71-74H2,1-5H3,(H-,78,81,82,83)/b10-8-,16-14-,22-20-,28-26-,34-32-,62-60+,70-68+. The second-order valence-corrected chi connectivity index (χ2v) is 27.7. The van der Waals surface area contributed by atoms with Gasteiger partial charge in [-0.3, -0.25) is 9.36 Å². The summed E-state index contributed by atoms with van der Waals surface area (Å²) in [7, 11) is 1.25. The molecule has 2 N–H and O–H groups in total. The minimum atomic E-state index is -4.62. The molecule has 3 atom stereocenters. The number of carbonyl (C=O) groups is 1. The Hall–Kier alpha value is -2.32. The number of carbonyl (C=O) groups excluding carboxylic acids is 1. The maximum absolute atomic E-state index is 13.1. The number of amides is 1. The summed E-state index contributed by atoms with van der Waals surface area (Å²) in [6, 6.07) is -0.908. The number of aliphatic hydroxyl groups is 1. The van der Waals surface area contributed by atoms with Crippen LogP contribution in [0.25, 0.3) is 0 Å². The van der Waals surface area contributed by atoms with E-state index >= 15 is 0 Å². The molecule has 0 rings (SSSR count). The molecule has 0 aromatic carbocycles. The Balaban J connectivity index is 4.05. The molecular weight excluding hydrogens is 1080 g/mol. The zero-order valence-corrected chi connectivity index (χ0v) is 58.4. The van der Waals surface area contributed by atoms with Crippen LogP contribution in [0.2, 0.25) is 0 Å². The number of phosphoric acid groups is 1. The van der Waals surface area contributed by atoms with Crippen LogP contribution in [0.5, 0.6) is 0 Å². The molecule has 0 aromatic rings. The summed E-state index contributed by atoms with van der Waals surface area (Å²) in [5.74, 6) is -0.203. The van der Waals surface area contributed by atoms with Crippen LogP contribution >= 0.6 is 7.82 Å². The third-order valence-corrected chi connectivity index (χ3v) is 17.6. The van der Waals surface area contributed by atoms with Gasteiger partial charge in [0.15, 0.2) is 0 Å². The third-order valence-electron chi connectivity index (χ3n) is 16.6. The van der Waals surface area contributed by atoms with Gasteiger partial charge in [-0.2, -0.15) is 0 Å². The Morgan fingerprint density at radius 1 is 0.419 bits per heavy atom. The number of hydrogen-bond donors (Lipinski definition) is 2. The van der Waals surface area contributed by atoms with Gasteiger partial charge >= 0.3 is 0 Å². The molecule has 0 heterocycles. The van der Waals surface area contributed by atoms with Crippen LogP contribution in [0.4, 0.5) is 0 Å². The molecule has 502 valence electrons. The highest BCUT2D eigenvalue weighted by atomic mass is 31.2. The van der Waals surface area contributed by atoms with Crippen LogP contribution in [-0.2, 0) is 18.4 Å². The first-order chi connectivity index (χ1) is 42.0. The molecule has 8 nitrogen and oxygen atoms in total. The van der Waals surface area contributed by atoms with Crippen LogP contribution in [0.15, 0.2) is 85.1 Å². The first-order valence-electron chi connectivity index (χ1n) is 36.9. The lowest BCUT2D eigenvalue weighted by Crippen LogP contribution is -2.45. The molecule has 0 spiro atoms. The van der Waals surface area contributed by atoms with Gasteiger partial charge < -0.3 is 28.8 Å². The van der Waals surface area contributed by atoms with Gasteiger partial charge in [0, 0.05) is 6.42 Å². The smallest absolute Gasteiger partial charge is 0.268 e. The molecule has 0 aliphatic rings. The Kier molecular flexibility index (Phi) is 65.3. The molecule has 0 bridgehead atoms. The predicted octanol–water partition coefficient (Wildman–Crippen LogP) is 23.3. The lowest BCUT2D eigenvalue weighted by molar-refractivity contribution is -0.870. The summed E-state index contributed by atoms with van der Waals surface area (Å²) < 4.78 is 23.5. The van der Waals surface area contributed by atoms with Crippen molar-refractivity contribution in [1.82, 2.24) is 5.32 Å². The lowest BCUT2D eigenvalue weighted by Gasteiger charge is -2.29. The summed E-state index contributed by atoms with van der Waals surface area (Å²) in [5, 5.41) is 14.0. The van der Waals surface area contributed by atoms with E-state index in [4.69, 9.17) is 9.05 Å². The maximum atomic E-state index is 13.1. The van der Waals surface area contributed by atoms with Gasteiger partial charge in [-0.15, -0.1) is 0 Å². The zero-order valence-electron chi connectivity index (χ0n) is 57.5. The van der Waals surface area contributed by atoms with Gasteiger partial charge in [-0.05, 0) is 77.0 Å². The van der Waals surface area contributed by atoms with E-state index in [1.165, 1.54) is 257 Å². The summed E-state index contributed by atoms with van der Waals surface area (Å²) in [6.45, 7) is 4.56. The average molecular weight is 1220 g/mol. The van der Waals surface area contributed by atoms with Crippen molar-refractivity contribution >= 4 is 13.7 Å². The normalized spacial score (nSPS) is 14.1. The van der Waals surface area contributed by atoms with E-state index in [-0.39, 0.29) is 12.5 Å². The Bertz CT molecular complexity index is 1680. The van der Waals surface area contributed by atoms with Crippen LogP contribution in [0.3, 0.4) is 0 Å². The number of phosphoric ester groups is 1. The molecule has 0 fully saturated rings. The monoisotopic (exact) mass is 1220 g/mol. The van der Waals surface area contributed by atoms with Crippen LogP contribution in [-0.4, -0.2) is 68.5 Å². The van der Waals surface area contributed by atoms with Gasteiger partial charge in [-0.1, -0.05) is 349 Å². The first-order valence-corrected chi connectivity index (χ1v) is 38.4. The second-order valence-electron chi connectivity index (χ2n) is 26.3. The van der Waals surface area contributed by atoms with Gasteiger partial charge in [0.2, 0.25) is 5.91 Å². The summed E-state index contributed by atoms with van der Waals surface area (Å²) in [6.07, 6.45) is 95.8. The van der Waals surface area contributed by atoms with Crippen molar-refractivity contribution in [3.63, 3.8) is 0 Å². The fraction of sp³-hybridized carbons (Fsp3) is 0.805. The van der Waals surface area contributed by atoms with Gasteiger partial charge in [0.1, 0.15) is 13.2 Å². The third kappa shape index (κ3) is 69.2. The number of unbranched alkanes of at least 4 members (excludes halogenated alkanes) is 43. The number of nitrogens with one attached hydrogen (secondary N) is 1. The summed E-state index contributed by atoms with van der Waals surface area (Å²) in [4.78, 5) is 25.7. The highest BCUT2D eigenvalue weighted by Crippen LogP contribution is 2.38. The van der Waals surface area contributed by atoms with Gasteiger partial charge in [0.05, 0.1) is 39.9 Å². The van der Waals surface area contributed by atoms with Crippen molar-refractivity contribution in [2.75, 3.05) is 40.9 Å². The molecule has 86 heavy (non-hydrogen) atoms. The maximum Gasteiger partial charge on any atom is 0.268 e. The predicted molar refractivity (Wildman–Crippen MR) is 376 cm³/mol. The minimum Gasteiger partial charge on any atom is -0.756 e. The fourth-order valence-corrected chi connectivity index (χ4v) is 11.6. The minimum absolute atomic E-state index is 0.00721. The van der Waals surface area contributed by atoms with E-state index in [1.807, 2.05) is 27.2 Å². The van der Waals surface area contributed by atoms with Crippen molar-refractivity contribution in [1.29, 1.82) is 0 Å². The molecule has 0 aliphatic carbocycles. The largest absolute Gasteiger partial charge is 0.756 e. The van der Waals surface area contributed by atoms with Crippen molar-refractivity contribution in [3.05, 3.63) is 85.1 Å². The van der Waals surface area contributed by atoms with Crippen molar-refractivity contribution in [2.24, 2.45) is 0 Å². The van der Waals surface area contributed by atoms with Gasteiger partial charge in [0.25, 0.3) is 7.82 Å². The van der Waals surface area contributed by atoms with E-state index in [0.717, 1.165) is 70.6 Å². The SMILES string of the molecule is CC/C=C\C/C=C\C/C=C\C/C=C\C/C=C\CCCCCCCCCCCCCCCCCCCCCC(=O)NC(COP(=O)([O-])OCC[N+](C)(C)C)C(O)/C=C/CC/C=C/CCCCCCCCCCCCCCCCCCCCCCCCC. The molecule has 9 heteroatoms. The molecule has 1 amide bonds. The van der Waals surface area contributed by atoms with E-state index in [2.05, 4.69) is 92.1 Å². The van der Waals surface area contributed by atoms with Crippen LogP contribution in [0.1, 0.15) is 348 Å².